The Hall–Kier alpha value is -1.11. The molecule has 0 aliphatic carbocycles. The first-order chi connectivity index (χ1) is 14.6. The van der Waals surface area contributed by atoms with Gasteiger partial charge in [-0.2, -0.15) is 13.2 Å². The standard InChI is InChI=1S/C22H35F3N4O2.HI/c1-4-26-20(28-15-21(3,30)16-29-10-12-31-13-11-29)27-9-8-17(2)18-6-5-7-19(14-18)22(23,24)25;/h5-7,14,17,30H,4,8-13,15-16H2,1-3H3,(H2,26,27,28);1H. The maximum atomic E-state index is 12.9. The van der Waals surface area contributed by atoms with E-state index in [-0.39, 0.29) is 36.4 Å². The summed E-state index contributed by atoms with van der Waals surface area (Å²) < 4.78 is 44.1. The van der Waals surface area contributed by atoms with Crippen molar-refractivity contribution in [3.63, 3.8) is 0 Å². The molecule has 10 heteroatoms. The van der Waals surface area contributed by atoms with Crippen LogP contribution in [0.4, 0.5) is 13.2 Å². The van der Waals surface area contributed by atoms with E-state index in [1.165, 1.54) is 12.1 Å². The minimum absolute atomic E-state index is 0. The number of halogens is 4. The highest BCUT2D eigenvalue weighted by molar-refractivity contribution is 14.0. The molecular formula is C22H36F3IN4O2. The van der Waals surface area contributed by atoms with E-state index in [0.29, 0.717) is 50.8 Å². The molecule has 1 fully saturated rings. The van der Waals surface area contributed by atoms with Gasteiger partial charge in [-0.15, -0.1) is 24.0 Å². The quantitative estimate of drug-likeness (QED) is 0.241. The molecule has 1 heterocycles. The first-order valence-corrected chi connectivity index (χ1v) is 10.8. The van der Waals surface area contributed by atoms with Crippen molar-refractivity contribution in [1.29, 1.82) is 0 Å². The average molecular weight is 572 g/mol. The number of β-amino-alcohol motifs (C(OH)–C–C–N with tert-alkyl or cyclic N) is 1. The second-order valence-electron chi connectivity index (χ2n) is 8.32. The molecule has 184 valence electrons. The highest BCUT2D eigenvalue weighted by Crippen LogP contribution is 2.31. The smallest absolute Gasteiger partial charge is 0.387 e. The first kappa shape index (κ1) is 28.9. The van der Waals surface area contributed by atoms with Crippen LogP contribution in [0, 0.1) is 0 Å². The number of aliphatic imine (C=N–C) groups is 1. The van der Waals surface area contributed by atoms with E-state index in [1.54, 1.807) is 13.0 Å². The Kier molecular flexibility index (Phi) is 12.3. The van der Waals surface area contributed by atoms with Crippen LogP contribution in [0.25, 0.3) is 0 Å². The third-order valence-corrected chi connectivity index (χ3v) is 5.24. The fourth-order valence-corrected chi connectivity index (χ4v) is 3.48. The van der Waals surface area contributed by atoms with Crippen molar-refractivity contribution in [2.45, 2.75) is 44.9 Å². The van der Waals surface area contributed by atoms with Crippen LogP contribution in [0.5, 0.6) is 0 Å². The zero-order valence-corrected chi connectivity index (χ0v) is 21.4. The summed E-state index contributed by atoms with van der Waals surface area (Å²) in [7, 11) is 0. The van der Waals surface area contributed by atoms with Crippen LogP contribution in [0.2, 0.25) is 0 Å². The van der Waals surface area contributed by atoms with Gasteiger partial charge in [-0.25, -0.2) is 0 Å². The van der Waals surface area contributed by atoms with Crippen molar-refractivity contribution in [3.8, 4) is 0 Å². The molecule has 1 saturated heterocycles. The summed E-state index contributed by atoms with van der Waals surface area (Å²) in [4.78, 5) is 6.67. The molecule has 0 saturated carbocycles. The predicted octanol–water partition coefficient (Wildman–Crippen LogP) is 3.46. The summed E-state index contributed by atoms with van der Waals surface area (Å²) in [5.74, 6) is 0.545. The molecule has 2 atom stereocenters. The maximum absolute atomic E-state index is 12.9. The van der Waals surface area contributed by atoms with Crippen molar-refractivity contribution in [1.82, 2.24) is 15.5 Å². The monoisotopic (exact) mass is 572 g/mol. The summed E-state index contributed by atoms with van der Waals surface area (Å²) in [6, 6.07) is 5.48. The molecule has 2 unspecified atom stereocenters. The first-order valence-electron chi connectivity index (χ1n) is 10.8. The van der Waals surface area contributed by atoms with Gasteiger partial charge in [0.15, 0.2) is 5.96 Å². The molecule has 0 radical (unpaired) electrons. The summed E-state index contributed by atoms with van der Waals surface area (Å²) in [5, 5.41) is 17.1. The van der Waals surface area contributed by atoms with Crippen LogP contribution in [0.1, 0.15) is 44.2 Å². The van der Waals surface area contributed by atoms with Crippen LogP contribution < -0.4 is 10.6 Å². The van der Waals surface area contributed by atoms with Crippen LogP contribution in [-0.4, -0.2) is 74.0 Å². The van der Waals surface area contributed by atoms with Gasteiger partial charge in [-0.1, -0.05) is 25.1 Å². The van der Waals surface area contributed by atoms with E-state index >= 15 is 0 Å². The molecule has 3 N–H and O–H groups in total. The number of hydrogen-bond donors (Lipinski definition) is 3. The van der Waals surface area contributed by atoms with Crippen molar-refractivity contribution < 1.29 is 23.0 Å². The summed E-state index contributed by atoms with van der Waals surface area (Å²) in [6.07, 6.45) is -3.69. The number of alkyl halides is 3. The number of benzene rings is 1. The lowest BCUT2D eigenvalue weighted by Gasteiger charge is -2.33. The number of morpholine rings is 1. The van der Waals surface area contributed by atoms with E-state index in [4.69, 9.17) is 4.74 Å². The lowest BCUT2D eigenvalue weighted by molar-refractivity contribution is -0.137. The Morgan fingerprint density at radius 3 is 2.56 bits per heavy atom. The maximum Gasteiger partial charge on any atom is 0.416 e. The lowest BCUT2D eigenvalue weighted by atomic mass is 9.96. The van der Waals surface area contributed by atoms with E-state index in [9.17, 15) is 18.3 Å². The Morgan fingerprint density at radius 2 is 1.94 bits per heavy atom. The van der Waals surface area contributed by atoms with Crippen molar-refractivity contribution in [3.05, 3.63) is 35.4 Å². The second-order valence-corrected chi connectivity index (χ2v) is 8.32. The molecule has 6 nitrogen and oxygen atoms in total. The largest absolute Gasteiger partial charge is 0.416 e. The zero-order chi connectivity index (χ0) is 22.9. The summed E-state index contributed by atoms with van der Waals surface area (Å²) >= 11 is 0. The van der Waals surface area contributed by atoms with Crippen molar-refractivity contribution in [2.24, 2.45) is 4.99 Å². The molecule has 1 aromatic carbocycles. The molecule has 1 aromatic rings. The number of nitrogens with one attached hydrogen (secondary N) is 2. The van der Waals surface area contributed by atoms with E-state index < -0.39 is 17.3 Å². The van der Waals surface area contributed by atoms with Crippen LogP contribution in [-0.2, 0) is 10.9 Å². The van der Waals surface area contributed by atoms with Gasteiger partial charge in [-0.05, 0) is 37.8 Å². The van der Waals surface area contributed by atoms with Gasteiger partial charge in [0.1, 0.15) is 0 Å². The predicted molar refractivity (Wildman–Crippen MR) is 132 cm³/mol. The molecule has 32 heavy (non-hydrogen) atoms. The van der Waals surface area contributed by atoms with Gasteiger partial charge in [-0.3, -0.25) is 9.89 Å². The van der Waals surface area contributed by atoms with Crippen LogP contribution >= 0.6 is 24.0 Å². The van der Waals surface area contributed by atoms with Gasteiger partial charge < -0.3 is 20.5 Å². The fraction of sp³-hybridized carbons (Fsp3) is 0.682. The van der Waals surface area contributed by atoms with E-state index in [2.05, 4.69) is 20.5 Å². The van der Waals surface area contributed by atoms with Gasteiger partial charge in [0, 0.05) is 32.7 Å². The number of ether oxygens (including phenoxy) is 1. The van der Waals surface area contributed by atoms with Crippen LogP contribution in [0.15, 0.2) is 29.3 Å². The Bertz CT molecular complexity index is 711. The number of hydrogen-bond acceptors (Lipinski definition) is 4. The van der Waals surface area contributed by atoms with Gasteiger partial charge in [0.05, 0.1) is 30.9 Å². The second kappa shape index (κ2) is 13.6. The fourth-order valence-electron chi connectivity index (χ4n) is 3.48. The number of guanidine groups is 1. The molecular weight excluding hydrogens is 536 g/mol. The van der Waals surface area contributed by atoms with Gasteiger partial charge >= 0.3 is 6.18 Å². The van der Waals surface area contributed by atoms with Crippen LogP contribution in [0.3, 0.4) is 0 Å². The summed E-state index contributed by atoms with van der Waals surface area (Å²) in [6.45, 7) is 10.6. The van der Waals surface area contributed by atoms with Gasteiger partial charge in [0.2, 0.25) is 0 Å². The lowest BCUT2D eigenvalue weighted by Crippen LogP contribution is -2.48. The molecule has 2 rings (SSSR count). The minimum atomic E-state index is -4.34. The Labute approximate surface area is 206 Å². The number of nitrogens with zero attached hydrogens (tertiary/aromatic N) is 2. The zero-order valence-electron chi connectivity index (χ0n) is 19.0. The average Bonchev–Trinajstić information content (AvgIpc) is 2.72. The van der Waals surface area contributed by atoms with E-state index in [0.717, 1.165) is 19.2 Å². The SMILES string of the molecule is CCNC(=NCC(C)(O)CN1CCOCC1)NCCC(C)c1cccc(C(F)(F)F)c1.I. The molecule has 0 amide bonds. The summed E-state index contributed by atoms with van der Waals surface area (Å²) in [5.41, 5.74) is -0.931. The highest BCUT2D eigenvalue weighted by atomic mass is 127. The molecule has 0 aromatic heterocycles. The Morgan fingerprint density at radius 1 is 1.25 bits per heavy atom. The molecule has 0 spiro atoms. The third-order valence-electron chi connectivity index (χ3n) is 5.24. The third kappa shape index (κ3) is 10.2. The molecule has 0 bridgehead atoms. The van der Waals surface area contributed by atoms with Crippen molar-refractivity contribution >= 4 is 29.9 Å². The number of aliphatic hydroxyl groups is 1. The molecule has 1 aliphatic heterocycles. The van der Waals surface area contributed by atoms with Gasteiger partial charge in [0.25, 0.3) is 0 Å². The normalized spacial score (nSPS) is 18.4. The topological polar surface area (TPSA) is 69.1 Å². The van der Waals surface area contributed by atoms with E-state index in [1.807, 2.05) is 13.8 Å². The number of rotatable bonds is 9. The molecule has 1 aliphatic rings. The Balaban J connectivity index is 0.00000512. The van der Waals surface area contributed by atoms with Crippen molar-refractivity contribution in [2.75, 3.05) is 52.5 Å². The highest BCUT2D eigenvalue weighted by Gasteiger charge is 2.30. The minimum Gasteiger partial charge on any atom is -0.387 e.